The Labute approximate surface area is 158 Å². The second-order valence-corrected chi connectivity index (χ2v) is 6.12. The number of rotatable bonds is 4. The van der Waals surface area contributed by atoms with Gasteiger partial charge in [0.1, 0.15) is 24.1 Å². The molecule has 0 radical (unpaired) electrons. The molecule has 0 aliphatic rings. The average molecular weight is 386 g/mol. The maximum Gasteiger partial charge on any atom is 0.336 e. The van der Waals surface area contributed by atoms with Crippen molar-refractivity contribution in [2.75, 3.05) is 0 Å². The molecular weight excluding hydrogens is 373 g/mol. The molecule has 0 saturated heterocycles. The van der Waals surface area contributed by atoms with Gasteiger partial charge in [-0.25, -0.2) is 13.8 Å². The van der Waals surface area contributed by atoms with E-state index in [2.05, 4.69) is 0 Å². The summed E-state index contributed by atoms with van der Waals surface area (Å²) in [5.41, 5.74) is -1.08. The lowest BCUT2D eigenvalue weighted by Crippen LogP contribution is -2.38. The van der Waals surface area contributed by atoms with Crippen LogP contribution in [-0.2, 0) is 13.7 Å². The molecule has 0 aliphatic carbocycles. The van der Waals surface area contributed by atoms with Crippen LogP contribution in [0.5, 0.6) is 5.75 Å². The van der Waals surface area contributed by atoms with Crippen LogP contribution in [0.15, 0.2) is 58.1 Å². The fraction of sp³-hybridized carbons (Fsp3) is 0.105. The van der Waals surface area contributed by atoms with E-state index in [9.17, 15) is 14.0 Å². The molecular formula is C19H13ClFN3O3. The number of ether oxygens (including phenoxy) is 1. The minimum absolute atomic E-state index is 0.107. The minimum atomic E-state index is -0.812. The first-order valence-corrected chi connectivity index (χ1v) is 8.19. The Bertz CT molecular complexity index is 1160. The Morgan fingerprint density at radius 2 is 1.85 bits per heavy atom. The highest BCUT2D eigenvalue weighted by atomic mass is 35.5. The van der Waals surface area contributed by atoms with Gasteiger partial charge in [-0.05, 0) is 29.8 Å². The predicted octanol–water partition coefficient (Wildman–Crippen LogP) is 2.78. The molecule has 1 heterocycles. The lowest BCUT2D eigenvalue weighted by Gasteiger charge is -2.11. The molecule has 0 N–H and O–H groups in total. The zero-order valence-electron chi connectivity index (χ0n) is 14.1. The molecule has 0 saturated carbocycles. The molecule has 6 nitrogen and oxygen atoms in total. The maximum absolute atomic E-state index is 14.5. The van der Waals surface area contributed by atoms with Gasteiger partial charge in [0, 0.05) is 24.2 Å². The molecule has 2 aromatic carbocycles. The molecule has 3 rings (SSSR count). The SMILES string of the molecule is Cn1c(C#N)cc(=O)n(-c2ccc(OCc3ccc(Cl)cc3)cc2F)c1=O. The monoisotopic (exact) mass is 385 g/mol. The highest BCUT2D eigenvalue weighted by molar-refractivity contribution is 6.30. The number of hydrogen-bond donors (Lipinski definition) is 0. The van der Waals surface area contributed by atoms with E-state index in [0.29, 0.717) is 9.59 Å². The Balaban J connectivity index is 1.91. The number of aromatic nitrogens is 2. The van der Waals surface area contributed by atoms with E-state index in [1.165, 1.54) is 19.2 Å². The third kappa shape index (κ3) is 3.76. The normalized spacial score (nSPS) is 10.4. The molecule has 8 heteroatoms. The second kappa shape index (κ2) is 7.48. The third-order valence-corrected chi connectivity index (χ3v) is 4.17. The fourth-order valence-electron chi connectivity index (χ4n) is 2.46. The van der Waals surface area contributed by atoms with Crippen molar-refractivity contribution >= 4 is 11.6 Å². The summed E-state index contributed by atoms with van der Waals surface area (Å²) in [5, 5.41) is 9.53. The summed E-state index contributed by atoms with van der Waals surface area (Å²) in [6, 6.07) is 13.6. The van der Waals surface area contributed by atoms with Gasteiger partial charge >= 0.3 is 5.69 Å². The lowest BCUT2D eigenvalue weighted by atomic mass is 10.2. The van der Waals surface area contributed by atoms with Crippen molar-refractivity contribution in [1.29, 1.82) is 5.26 Å². The van der Waals surface area contributed by atoms with Crippen molar-refractivity contribution in [1.82, 2.24) is 9.13 Å². The summed E-state index contributed by atoms with van der Waals surface area (Å²) in [7, 11) is 1.33. The summed E-state index contributed by atoms with van der Waals surface area (Å²) in [4.78, 5) is 24.4. The molecule has 0 bridgehead atoms. The van der Waals surface area contributed by atoms with E-state index in [0.717, 1.165) is 22.3 Å². The van der Waals surface area contributed by atoms with Gasteiger partial charge in [0.25, 0.3) is 5.56 Å². The topological polar surface area (TPSA) is 77.0 Å². The Hall–Kier alpha value is -3.37. The number of nitriles is 1. The van der Waals surface area contributed by atoms with Crippen molar-refractivity contribution in [3.05, 3.63) is 91.5 Å². The van der Waals surface area contributed by atoms with Crippen LogP contribution in [0.3, 0.4) is 0 Å². The molecule has 0 atom stereocenters. The van der Waals surface area contributed by atoms with E-state index >= 15 is 0 Å². The Morgan fingerprint density at radius 1 is 1.15 bits per heavy atom. The van der Waals surface area contributed by atoms with Gasteiger partial charge in [-0.1, -0.05) is 23.7 Å². The molecule has 136 valence electrons. The average Bonchev–Trinajstić information content (AvgIpc) is 2.65. The molecule has 0 spiro atoms. The van der Waals surface area contributed by atoms with Gasteiger partial charge in [0.05, 0.1) is 5.69 Å². The first-order chi connectivity index (χ1) is 12.9. The van der Waals surface area contributed by atoms with Crippen molar-refractivity contribution in [2.24, 2.45) is 7.05 Å². The number of halogens is 2. The Morgan fingerprint density at radius 3 is 2.48 bits per heavy atom. The number of hydrogen-bond acceptors (Lipinski definition) is 4. The van der Waals surface area contributed by atoms with E-state index in [1.807, 2.05) is 0 Å². The Kier molecular flexibility index (Phi) is 5.10. The van der Waals surface area contributed by atoms with Gasteiger partial charge in [-0.2, -0.15) is 5.26 Å². The molecule has 0 fully saturated rings. The van der Waals surface area contributed by atoms with Gasteiger partial charge in [0.15, 0.2) is 5.82 Å². The summed E-state index contributed by atoms with van der Waals surface area (Å²) < 4.78 is 21.7. The maximum atomic E-state index is 14.5. The van der Waals surface area contributed by atoms with Crippen LogP contribution in [-0.4, -0.2) is 9.13 Å². The van der Waals surface area contributed by atoms with Gasteiger partial charge in [0.2, 0.25) is 0 Å². The van der Waals surface area contributed by atoms with Crippen LogP contribution >= 0.6 is 11.6 Å². The van der Waals surface area contributed by atoms with E-state index in [1.54, 1.807) is 30.3 Å². The van der Waals surface area contributed by atoms with E-state index in [-0.39, 0.29) is 23.7 Å². The highest BCUT2D eigenvalue weighted by Crippen LogP contribution is 2.20. The number of benzene rings is 2. The molecule has 27 heavy (non-hydrogen) atoms. The smallest absolute Gasteiger partial charge is 0.336 e. The molecule has 3 aromatic rings. The molecule has 0 aliphatic heterocycles. The van der Waals surface area contributed by atoms with Gasteiger partial charge in [-0.15, -0.1) is 0 Å². The highest BCUT2D eigenvalue weighted by Gasteiger charge is 2.14. The van der Waals surface area contributed by atoms with Crippen molar-refractivity contribution in [2.45, 2.75) is 6.61 Å². The molecule has 0 amide bonds. The van der Waals surface area contributed by atoms with E-state index < -0.39 is 17.1 Å². The number of nitrogens with zero attached hydrogens (tertiary/aromatic N) is 3. The van der Waals surface area contributed by atoms with E-state index in [4.69, 9.17) is 21.6 Å². The zero-order chi connectivity index (χ0) is 19.6. The molecule has 0 unspecified atom stereocenters. The standard InChI is InChI=1S/C19H13ClFN3O3/c1-23-14(10-22)8-18(25)24(19(23)26)17-7-6-15(9-16(17)21)27-11-12-2-4-13(20)5-3-12/h2-9H,11H2,1H3. The van der Waals surface area contributed by atoms with Crippen molar-refractivity contribution < 1.29 is 9.13 Å². The van der Waals surface area contributed by atoms with Crippen LogP contribution < -0.4 is 16.0 Å². The third-order valence-electron chi connectivity index (χ3n) is 3.91. The summed E-state index contributed by atoms with van der Waals surface area (Å²) in [6.07, 6.45) is 0. The summed E-state index contributed by atoms with van der Waals surface area (Å²) in [6.45, 7) is 0.203. The van der Waals surface area contributed by atoms with Crippen molar-refractivity contribution in [3.63, 3.8) is 0 Å². The lowest BCUT2D eigenvalue weighted by molar-refractivity contribution is 0.304. The predicted molar refractivity (Wildman–Crippen MR) is 97.7 cm³/mol. The van der Waals surface area contributed by atoms with Crippen LogP contribution in [0, 0.1) is 17.1 Å². The largest absolute Gasteiger partial charge is 0.489 e. The first-order valence-electron chi connectivity index (χ1n) is 7.81. The zero-order valence-corrected chi connectivity index (χ0v) is 14.9. The van der Waals surface area contributed by atoms with Gasteiger partial charge < -0.3 is 4.74 Å². The first kappa shape index (κ1) is 18.4. The second-order valence-electron chi connectivity index (χ2n) is 5.68. The van der Waals surface area contributed by atoms with Crippen LogP contribution in [0.25, 0.3) is 5.69 Å². The van der Waals surface area contributed by atoms with Gasteiger partial charge in [-0.3, -0.25) is 9.36 Å². The van der Waals surface area contributed by atoms with Crippen molar-refractivity contribution in [3.8, 4) is 17.5 Å². The summed E-state index contributed by atoms with van der Waals surface area (Å²) in [5.74, 6) is -0.558. The van der Waals surface area contributed by atoms with Crippen LogP contribution in [0.1, 0.15) is 11.3 Å². The molecule has 1 aromatic heterocycles. The fourth-order valence-corrected chi connectivity index (χ4v) is 2.59. The quantitative estimate of drug-likeness (QED) is 0.692. The minimum Gasteiger partial charge on any atom is -0.489 e. The summed E-state index contributed by atoms with van der Waals surface area (Å²) >= 11 is 5.82. The van der Waals surface area contributed by atoms with Crippen LogP contribution in [0.2, 0.25) is 5.02 Å². The van der Waals surface area contributed by atoms with Crippen LogP contribution in [0.4, 0.5) is 4.39 Å².